The molecule has 29 heavy (non-hydrogen) atoms. The highest BCUT2D eigenvalue weighted by Gasteiger charge is 2.32. The standard InChI is InChI=1S/C24H24N4O/c1-4-21-16(3)26-27-23(21)22-11-19(8-5-15(22)2)24(29)28-13-20(14-28)18-9-6-17(12-25)7-10-18/h5-11,20H,4,13-14H2,1-3H3,(H,26,27). The Morgan fingerprint density at radius 2 is 1.93 bits per heavy atom. The maximum absolute atomic E-state index is 13.0. The van der Waals surface area contributed by atoms with Crippen molar-refractivity contribution in [2.75, 3.05) is 13.1 Å². The summed E-state index contributed by atoms with van der Waals surface area (Å²) in [5.74, 6) is 0.388. The van der Waals surface area contributed by atoms with Crippen LogP contribution in [0.5, 0.6) is 0 Å². The van der Waals surface area contributed by atoms with Crippen molar-refractivity contribution in [2.24, 2.45) is 0 Å². The van der Waals surface area contributed by atoms with Crippen LogP contribution >= 0.6 is 0 Å². The third-order valence-corrected chi connectivity index (χ3v) is 5.85. The first-order valence-electron chi connectivity index (χ1n) is 9.96. The predicted molar refractivity (Wildman–Crippen MR) is 113 cm³/mol. The predicted octanol–water partition coefficient (Wildman–Crippen LogP) is 4.37. The Kier molecular flexibility index (Phi) is 4.94. The van der Waals surface area contributed by atoms with Crippen molar-refractivity contribution in [1.29, 1.82) is 5.26 Å². The van der Waals surface area contributed by atoms with E-state index in [0.717, 1.165) is 28.9 Å². The number of likely N-dealkylation sites (tertiary alicyclic amines) is 1. The average molecular weight is 384 g/mol. The number of nitrogens with one attached hydrogen (secondary N) is 1. The first-order chi connectivity index (χ1) is 14.0. The number of benzene rings is 2. The van der Waals surface area contributed by atoms with Crippen LogP contribution in [0, 0.1) is 25.2 Å². The van der Waals surface area contributed by atoms with E-state index in [4.69, 9.17) is 5.26 Å². The fraction of sp³-hybridized carbons (Fsp3) is 0.292. The van der Waals surface area contributed by atoms with Gasteiger partial charge in [-0.2, -0.15) is 10.4 Å². The van der Waals surface area contributed by atoms with Crippen LogP contribution in [0.4, 0.5) is 0 Å². The van der Waals surface area contributed by atoms with E-state index in [-0.39, 0.29) is 5.91 Å². The maximum atomic E-state index is 13.0. The molecule has 1 aliphatic rings. The molecular weight excluding hydrogens is 360 g/mol. The highest BCUT2D eigenvalue weighted by atomic mass is 16.2. The number of nitriles is 1. The number of aromatic amines is 1. The van der Waals surface area contributed by atoms with Gasteiger partial charge in [0, 0.05) is 41.4 Å². The summed E-state index contributed by atoms with van der Waals surface area (Å²) >= 11 is 0. The Hall–Kier alpha value is -3.39. The van der Waals surface area contributed by atoms with Crippen molar-refractivity contribution in [1.82, 2.24) is 15.1 Å². The number of hydrogen-bond acceptors (Lipinski definition) is 3. The summed E-state index contributed by atoms with van der Waals surface area (Å²) < 4.78 is 0. The summed E-state index contributed by atoms with van der Waals surface area (Å²) in [5, 5.41) is 16.5. The molecule has 1 fully saturated rings. The molecule has 2 aromatic carbocycles. The van der Waals surface area contributed by atoms with E-state index in [0.29, 0.717) is 30.1 Å². The van der Waals surface area contributed by atoms with Crippen molar-refractivity contribution in [3.8, 4) is 17.3 Å². The van der Waals surface area contributed by atoms with Crippen LogP contribution in [0.1, 0.15) is 51.1 Å². The lowest BCUT2D eigenvalue weighted by Crippen LogP contribution is -2.48. The summed E-state index contributed by atoms with van der Waals surface area (Å²) in [6, 6.07) is 15.7. The number of carbonyl (C=O) groups excluding carboxylic acids is 1. The quantitative estimate of drug-likeness (QED) is 0.726. The first-order valence-corrected chi connectivity index (χ1v) is 9.96. The molecule has 0 bridgehead atoms. The Labute approximate surface area is 171 Å². The summed E-state index contributed by atoms with van der Waals surface area (Å²) in [4.78, 5) is 14.9. The Morgan fingerprint density at radius 3 is 2.59 bits per heavy atom. The van der Waals surface area contributed by atoms with Crippen molar-refractivity contribution in [3.05, 3.63) is 76.0 Å². The van der Waals surface area contributed by atoms with Crippen LogP contribution < -0.4 is 0 Å². The van der Waals surface area contributed by atoms with Crippen LogP contribution in [-0.2, 0) is 6.42 Å². The van der Waals surface area contributed by atoms with E-state index in [9.17, 15) is 4.79 Å². The van der Waals surface area contributed by atoms with Gasteiger partial charge in [-0.05, 0) is 55.7 Å². The third-order valence-electron chi connectivity index (χ3n) is 5.85. The minimum Gasteiger partial charge on any atom is -0.337 e. The summed E-state index contributed by atoms with van der Waals surface area (Å²) in [5.41, 5.74) is 7.88. The highest BCUT2D eigenvalue weighted by molar-refractivity contribution is 5.96. The molecule has 4 rings (SSSR count). The second-order valence-corrected chi connectivity index (χ2v) is 7.70. The van der Waals surface area contributed by atoms with Crippen molar-refractivity contribution in [2.45, 2.75) is 33.1 Å². The van der Waals surface area contributed by atoms with Crippen LogP contribution in [0.2, 0.25) is 0 Å². The van der Waals surface area contributed by atoms with Crippen LogP contribution in [-0.4, -0.2) is 34.1 Å². The molecule has 0 saturated carbocycles. The lowest BCUT2D eigenvalue weighted by atomic mass is 9.90. The zero-order valence-corrected chi connectivity index (χ0v) is 17.0. The van der Waals surface area contributed by atoms with E-state index in [1.165, 1.54) is 11.1 Å². The second-order valence-electron chi connectivity index (χ2n) is 7.70. The van der Waals surface area contributed by atoms with Gasteiger partial charge in [0.15, 0.2) is 0 Å². The molecule has 0 unspecified atom stereocenters. The summed E-state index contributed by atoms with van der Waals surface area (Å²) in [6.45, 7) is 7.61. The number of rotatable bonds is 4. The molecule has 5 heteroatoms. The Morgan fingerprint density at radius 1 is 1.21 bits per heavy atom. The van der Waals surface area contributed by atoms with Crippen LogP contribution in [0.25, 0.3) is 11.3 Å². The molecule has 1 saturated heterocycles. The zero-order valence-electron chi connectivity index (χ0n) is 17.0. The number of aryl methyl sites for hydroxylation is 2. The van der Waals surface area contributed by atoms with Gasteiger partial charge in [0.05, 0.1) is 17.3 Å². The van der Waals surface area contributed by atoms with Gasteiger partial charge in [-0.25, -0.2) is 0 Å². The van der Waals surface area contributed by atoms with E-state index < -0.39 is 0 Å². The van der Waals surface area contributed by atoms with Gasteiger partial charge in [-0.3, -0.25) is 9.89 Å². The van der Waals surface area contributed by atoms with Gasteiger partial charge in [-0.1, -0.05) is 25.1 Å². The molecule has 146 valence electrons. The second kappa shape index (κ2) is 7.56. The number of nitrogens with zero attached hydrogens (tertiary/aromatic N) is 3. The summed E-state index contributed by atoms with van der Waals surface area (Å²) in [6.07, 6.45) is 0.897. The molecule has 0 spiro atoms. The Balaban J connectivity index is 1.52. The zero-order chi connectivity index (χ0) is 20.5. The van der Waals surface area contributed by atoms with Crippen molar-refractivity contribution >= 4 is 5.91 Å². The van der Waals surface area contributed by atoms with Crippen molar-refractivity contribution < 1.29 is 4.79 Å². The molecule has 3 aromatic rings. The smallest absolute Gasteiger partial charge is 0.253 e. The Bertz CT molecular complexity index is 1100. The lowest BCUT2D eigenvalue weighted by molar-refractivity contribution is 0.0602. The first kappa shape index (κ1) is 18.9. The maximum Gasteiger partial charge on any atom is 0.253 e. The molecule has 5 nitrogen and oxygen atoms in total. The minimum atomic E-state index is 0.0569. The van der Waals surface area contributed by atoms with Gasteiger partial charge in [-0.15, -0.1) is 0 Å². The van der Waals surface area contributed by atoms with E-state index in [1.54, 1.807) is 0 Å². The van der Waals surface area contributed by atoms with E-state index in [2.05, 4.69) is 30.1 Å². The van der Waals surface area contributed by atoms with Gasteiger partial charge in [0.25, 0.3) is 5.91 Å². The normalized spacial score (nSPS) is 13.8. The molecule has 1 amide bonds. The lowest BCUT2D eigenvalue weighted by Gasteiger charge is -2.39. The number of aromatic nitrogens is 2. The fourth-order valence-electron chi connectivity index (χ4n) is 3.99. The average Bonchev–Trinajstić information content (AvgIpc) is 3.08. The van der Waals surface area contributed by atoms with Gasteiger partial charge >= 0.3 is 0 Å². The van der Waals surface area contributed by atoms with Gasteiger partial charge in [0.2, 0.25) is 0 Å². The largest absolute Gasteiger partial charge is 0.337 e. The monoisotopic (exact) mass is 384 g/mol. The number of carbonyl (C=O) groups is 1. The van der Waals surface area contributed by atoms with Crippen LogP contribution in [0.3, 0.4) is 0 Å². The van der Waals surface area contributed by atoms with Crippen LogP contribution in [0.15, 0.2) is 42.5 Å². The topological polar surface area (TPSA) is 72.8 Å². The van der Waals surface area contributed by atoms with Gasteiger partial charge < -0.3 is 4.90 Å². The highest BCUT2D eigenvalue weighted by Crippen LogP contribution is 2.31. The third kappa shape index (κ3) is 3.42. The number of hydrogen-bond donors (Lipinski definition) is 1. The number of H-pyrrole nitrogens is 1. The molecule has 1 N–H and O–H groups in total. The molecule has 0 radical (unpaired) electrons. The van der Waals surface area contributed by atoms with E-state index >= 15 is 0 Å². The molecule has 2 heterocycles. The molecule has 1 aromatic heterocycles. The SMILES string of the molecule is CCc1c(-c2cc(C(=O)N3CC(c4ccc(C#N)cc4)C3)ccc2C)n[nH]c1C. The van der Waals surface area contributed by atoms with Crippen molar-refractivity contribution in [3.63, 3.8) is 0 Å². The number of amides is 1. The van der Waals surface area contributed by atoms with E-state index in [1.807, 2.05) is 54.3 Å². The molecule has 1 aliphatic heterocycles. The fourth-order valence-corrected chi connectivity index (χ4v) is 3.99. The minimum absolute atomic E-state index is 0.0569. The molecule has 0 aliphatic carbocycles. The summed E-state index contributed by atoms with van der Waals surface area (Å²) in [7, 11) is 0. The van der Waals surface area contributed by atoms with Gasteiger partial charge in [0.1, 0.15) is 0 Å². The molecule has 0 atom stereocenters. The molecular formula is C24H24N4O.